The highest BCUT2D eigenvalue weighted by molar-refractivity contribution is 7.12. The van der Waals surface area contributed by atoms with Crippen LogP contribution in [0, 0.1) is 0 Å². The van der Waals surface area contributed by atoms with Crippen LogP contribution in [0.4, 0.5) is 0 Å². The van der Waals surface area contributed by atoms with Crippen molar-refractivity contribution in [2.75, 3.05) is 26.3 Å². The zero-order valence-corrected chi connectivity index (χ0v) is 12.6. The number of carbonyl (C=O) groups is 1. The molecule has 0 aliphatic carbocycles. The molecule has 4 rings (SSSR count). The summed E-state index contributed by atoms with van der Waals surface area (Å²) in [7, 11) is 0. The number of amides is 1. The van der Waals surface area contributed by atoms with E-state index in [-0.39, 0.29) is 5.91 Å². The molecule has 1 aliphatic heterocycles. The smallest absolute Gasteiger partial charge is 0.264 e. The molecule has 0 aromatic carbocycles. The molecule has 3 aromatic rings. The average Bonchev–Trinajstić information content (AvgIpc) is 3.23. The summed E-state index contributed by atoms with van der Waals surface area (Å²) in [5.74, 6) is 0.0650. The van der Waals surface area contributed by atoms with Crippen LogP contribution in [0.1, 0.15) is 9.67 Å². The maximum Gasteiger partial charge on any atom is 0.264 e. The number of aromatic amines is 1. The lowest BCUT2D eigenvalue weighted by Crippen LogP contribution is -2.40. The summed E-state index contributed by atoms with van der Waals surface area (Å²) >= 11 is 1.45. The number of thiophene rings is 1. The van der Waals surface area contributed by atoms with E-state index in [4.69, 9.17) is 4.74 Å². The fraction of sp³-hybridized carbons (Fsp3) is 0.267. The summed E-state index contributed by atoms with van der Waals surface area (Å²) in [6.45, 7) is 2.53. The molecule has 1 N–H and O–H groups in total. The fourth-order valence-corrected chi connectivity index (χ4v) is 3.34. The minimum Gasteiger partial charge on any atom is -0.378 e. The molecule has 1 fully saturated rings. The molecule has 0 radical (unpaired) electrons. The molecular formula is C15H14N4O2S. The Bertz CT molecular complexity index is 820. The average molecular weight is 314 g/mol. The number of carbonyl (C=O) groups excluding carboxylic acids is 1. The van der Waals surface area contributed by atoms with Gasteiger partial charge in [-0.3, -0.25) is 4.79 Å². The molecule has 0 atom stereocenters. The number of nitrogens with zero attached hydrogens (tertiary/aromatic N) is 3. The highest BCUT2D eigenvalue weighted by atomic mass is 32.1. The Hall–Kier alpha value is -2.25. The minimum absolute atomic E-state index is 0.0650. The van der Waals surface area contributed by atoms with Crippen molar-refractivity contribution in [1.29, 1.82) is 0 Å². The zero-order chi connectivity index (χ0) is 14.9. The number of rotatable bonds is 2. The predicted octanol–water partition coefficient (Wildman–Crippen LogP) is 2.16. The largest absolute Gasteiger partial charge is 0.378 e. The van der Waals surface area contributed by atoms with Gasteiger partial charge in [-0.25, -0.2) is 9.97 Å². The normalized spacial score (nSPS) is 15.4. The number of morpholine rings is 1. The monoisotopic (exact) mass is 314 g/mol. The van der Waals surface area contributed by atoms with Crippen molar-refractivity contribution in [3.05, 3.63) is 34.8 Å². The molecule has 7 heteroatoms. The van der Waals surface area contributed by atoms with Gasteiger partial charge in [0, 0.05) is 30.2 Å². The van der Waals surface area contributed by atoms with Crippen LogP contribution in [-0.4, -0.2) is 52.1 Å². The van der Waals surface area contributed by atoms with Crippen LogP contribution in [0.2, 0.25) is 0 Å². The first-order valence-corrected chi connectivity index (χ1v) is 7.95. The van der Waals surface area contributed by atoms with Gasteiger partial charge in [0.05, 0.1) is 30.0 Å². The number of hydrogen-bond acceptors (Lipinski definition) is 5. The fourth-order valence-electron chi connectivity index (χ4n) is 2.47. The maximum atomic E-state index is 12.5. The second kappa shape index (κ2) is 5.51. The lowest BCUT2D eigenvalue weighted by Gasteiger charge is -2.26. The molecule has 112 valence electrons. The van der Waals surface area contributed by atoms with Crippen LogP contribution < -0.4 is 0 Å². The Morgan fingerprint density at radius 2 is 2.23 bits per heavy atom. The second-order valence-electron chi connectivity index (χ2n) is 5.07. The van der Waals surface area contributed by atoms with E-state index in [9.17, 15) is 4.79 Å². The summed E-state index contributed by atoms with van der Waals surface area (Å²) in [6, 6.07) is 3.78. The number of H-pyrrole nitrogens is 1. The van der Waals surface area contributed by atoms with Crippen molar-refractivity contribution in [2.24, 2.45) is 0 Å². The van der Waals surface area contributed by atoms with Gasteiger partial charge in [0.2, 0.25) is 0 Å². The Balaban J connectivity index is 1.61. The van der Waals surface area contributed by atoms with Gasteiger partial charge in [0.1, 0.15) is 5.52 Å². The van der Waals surface area contributed by atoms with E-state index in [1.54, 1.807) is 6.20 Å². The van der Waals surface area contributed by atoms with E-state index < -0.39 is 0 Å². The molecule has 4 heterocycles. The van der Waals surface area contributed by atoms with Crippen molar-refractivity contribution in [3.8, 4) is 11.3 Å². The molecule has 1 amide bonds. The molecule has 1 saturated heterocycles. The molecule has 0 bridgehead atoms. The lowest BCUT2D eigenvalue weighted by atomic mass is 10.2. The van der Waals surface area contributed by atoms with Crippen molar-refractivity contribution in [2.45, 2.75) is 0 Å². The number of hydrogen-bond donors (Lipinski definition) is 1. The molecule has 0 unspecified atom stereocenters. The molecule has 3 aromatic heterocycles. The Morgan fingerprint density at radius 1 is 1.36 bits per heavy atom. The third-order valence-electron chi connectivity index (χ3n) is 3.67. The van der Waals surface area contributed by atoms with Gasteiger partial charge in [-0.15, -0.1) is 11.3 Å². The van der Waals surface area contributed by atoms with Gasteiger partial charge < -0.3 is 14.6 Å². The maximum absolute atomic E-state index is 12.5. The van der Waals surface area contributed by atoms with E-state index in [0.29, 0.717) is 26.3 Å². The standard InChI is InChI=1S/C15H14N4O2S/c20-15(19-3-5-21-6-4-19)13-7-10(9-22-13)12-8-17-14-11(18-12)1-2-16-14/h1-2,7-9H,3-6H2,(H,16,17). The molecule has 0 saturated carbocycles. The number of aromatic nitrogens is 3. The van der Waals surface area contributed by atoms with Gasteiger partial charge in [0.15, 0.2) is 5.65 Å². The third kappa shape index (κ3) is 2.38. The van der Waals surface area contributed by atoms with Crippen LogP contribution >= 0.6 is 11.3 Å². The predicted molar refractivity (Wildman–Crippen MR) is 83.9 cm³/mol. The van der Waals surface area contributed by atoms with Crippen LogP contribution in [0.25, 0.3) is 22.4 Å². The first-order valence-electron chi connectivity index (χ1n) is 7.07. The minimum atomic E-state index is 0.0650. The summed E-state index contributed by atoms with van der Waals surface area (Å²) in [6.07, 6.45) is 3.54. The lowest BCUT2D eigenvalue weighted by molar-refractivity contribution is 0.0306. The second-order valence-corrected chi connectivity index (χ2v) is 5.98. The number of fused-ring (bicyclic) bond motifs is 1. The first-order chi connectivity index (χ1) is 10.8. The summed E-state index contributed by atoms with van der Waals surface area (Å²) in [4.78, 5) is 26.9. The Labute approximate surface area is 130 Å². The van der Waals surface area contributed by atoms with Gasteiger partial charge >= 0.3 is 0 Å². The highest BCUT2D eigenvalue weighted by Crippen LogP contribution is 2.26. The Morgan fingerprint density at radius 3 is 3.09 bits per heavy atom. The van der Waals surface area contributed by atoms with E-state index in [1.165, 1.54) is 11.3 Å². The summed E-state index contributed by atoms with van der Waals surface area (Å²) in [5.41, 5.74) is 3.30. The van der Waals surface area contributed by atoms with Crippen LogP contribution in [0.3, 0.4) is 0 Å². The number of nitrogens with one attached hydrogen (secondary N) is 1. The molecule has 6 nitrogen and oxygen atoms in total. The van der Waals surface area contributed by atoms with Gasteiger partial charge in [-0.05, 0) is 12.1 Å². The van der Waals surface area contributed by atoms with Crippen LogP contribution in [0.15, 0.2) is 29.9 Å². The summed E-state index contributed by atoms with van der Waals surface area (Å²) in [5, 5.41) is 1.95. The molecule has 22 heavy (non-hydrogen) atoms. The topological polar surface area (TPSA) is 71.1 Å². The molecular weight excluding hydrogens is 300 g/mol. The first kappa shape index (κ1) is 13.4. The SMILES string of the molecule is O=C(c1cc(-c2cnc3[nH]ccc3n2)cs1)N1CCOCC1. The third-order valence-corrected chi connectivity index (χ3v) is 4.58. The van der Waals surface area contributed by atoms with Crippen LogP contribution in [-0.2, 0) is 4.74 Å². The van der Waals surface area contributed by atoms with Crippen molar-refractivity contribution < 1.29 is 9.53 Å². The highest BCUT2D eigenvalue weighted by Gasteiger charge is 2.20. The van der Waals surface area contributed by atoms with Crippen molar-refractivity contribution in [3.63, 3.8) is 0 Å². The van der Waals surface area contributed by atoms with E-state index >= 15 is 0 Å². The van der Waals surface area contributed by atoms with E-state index in [1.807, 2.05) is 28.6 Å². The quantitative estimate of drug-likeness (QED) is 0.787. The zero-order valence-electron chi connectivity index (χ0n) is 11.8. The molecule has 0 spiro atoms. The van der Waals surface area contributed by atoms with Crippen LogP contribution in [0.5, 0.6) is 0 Å². The van der Waals surface area contributed by atoms with E-state index in [0.717, 1.165) is 27.3 Å². The van der Waals surface area contributed by atoms with Gasteiger partial charge in [-0.2, -0.15) is 0 Å². The molecule has 1 aliphatic rings. The summed E-state index contributed by atoms with van der Waals surface area (Å²) < 4.78 is 5.28. The van der Waals surface area contributed by atoms with Crippen molar-refractivity contribution >= 4 is 28.4 Å². The van der Waals surface area contributed by atoms with Crippen molar-refractivity contribution in [1.82, 2.24) is 19.9 Å². The number of ether oxygens (including phenoxy) is 1. The van der Waals surface area contributed by atoms with E-state index in [2.05, 4.69) is 15.0 Å². The Kier molecular flexibility index (Phi) is 3.36. The van der Waals surface area contributed by atoms with Gasteiger partial charge in [0.25, 0.3) is 5.91 Å². The van der Waals surface area contributed by atoms with Gasteiger partial charge in [-0.1, -0.05) is 0 Å².